The molecule has 3 aromatic rings. The van der Waals surface area contributed by atoms with E-state index in [1.807, 2.05) is 0 Å². The SMILES string of the molecule is CCOC(=O)c1[nH]c2sc(C(=O)OCC)c(C)c2c1C(=O)c1ccc(OC)cc1. The number of carbonyl (C=O) groups excluding carboxylic acids is 3. The molecule has 0 amide bonds. The van der Waals surface area contributed by atoms with Gasteiger partial charge in [0.25, 0.3) is 0 Å². The molecule has 0 saturated heterocycles. The van der Waals surface area contributed by atoms with Gasteiger partial charge in [-0.25, -0.2) is 9.59 Å². The van der Waals surface area contributed by atoms with Crippen molar-refractivity contribution < 1.29 is 28.6 Å². The van der Waals surface area contributed by atoms with Gasteiger partial charge in [0.05, 0.1) is 25.9 Å². The van der Waals surface area contributed by atoms with Crippen LogP contribution >= 0.6 is 11.3 Å². The second-order valence-corrected chi connectivity index (χ2v) is 7.15. The van der Waals surface area contributed by atoms with Gasteiger partial charge in [-0.05, 0) is 50.6 Å². The number of aryl methyl sites for hydroxylation is 1. The number of methoxy groups -OCH3 is 1. The highest BCUT2D eigenvalue weighted by atomic mass is 32.1. The predicted octanol–water partition coefficient (Wildman–Crippen LogP) is 4.13. The number of thiophene rings is 1. The quantitative estimate of drug-likeness (QED) is 0.461. The normalized spacial score (nSPS) is 10.8. The first kappa shape index (κ1) is 20.6. The molecule has 3 rings (SSSR count). The van der Waals surface area contributed by atoms with Crippen LogP contribution in [0.15, 0.2) is 24.3 Å². The third-order valence-electron chi connectivity index (χ3n) is 4.40. The van der Waals surface area contributed by atoms with Crippen LogP contribution in [0.5, 0.6) is 5.75 Å². The first-order chi connectivity index (χ1) is 13.9. The summed E-state index contributed by atoms with van der Waals surface area (Å²) in [5.41, 5.74) is 1.24. The van der Waals surface area contributed by atoms with E-state index < -0.39 is 11.9 Å². The fraction of sp³-hybridized carbons (Fsp3) is 0.286. The molecule has 0 unspecified atom stereocenters. The lowest BCUT2D eigenvalue weighted by atomic mass is 9.99. The average Bonchev–Trinajstić information content (AvgIpc) is 3.25. The number of aromatic amines is 1. The van der Waals surface area contributed by atoms with Crippen LogP contribution in [-0.2, 0) is 9.47 Å². The number of aromatic nitrogens is 1. The topological polar surface area (TPSA) is 94.7 Å². The van der Waals surface area contributed by atoms with Gasteiger partial charge in [-0.2, -0.15) is 0 Å². The molecule has 2 aromatic heterocycles. The van der Waals surface area contributed by atoms with Crippen LogP contribution in [0.25, 0.3) is 10.2 Å². The Labute approximate surface area is 171 Å². The van der Waals surface area contributed by atoms with Crippen molar-refractivity contribution in [1.29, 1.82) is 0 Å². The lowest BCUT2D eigenvalue weighted by Gasteiger charge is -2.07. The fourth-order valence-electron chi connectivity index (χ4n) is 3.07. The van der Waals surface area contributed by atoms with Crippen LogP contribution in [0.2, 0.25) is 0 Å². The van der Waals surface area contributed by atoms with Gasteiger partial charge in [-0.15, -0.1) is 11.3 Å². The molecule has 7 nitrogen and oxygen atoms in total. The lowest BCUT2D eigenvalue weighted by Crippen LogP contribution is -2.12. The summed E-state index contributed by atoms with van der Waals surface area (Å²) in [5, 5.41) is 0.530. The molecule has 1 aromatic carbocycles. The summed E-state index contributed by atoms with van der Waals surface area (Å²) >= 11 is 1.15. The molecular weight excluding hydrogens is 394 g/mol. The minimum absolute atomic E-state index is 0.0763. The zero-order valence-corrected chi connectivity index (χ0v) is 17.4. The second-order valence-electron chi connectivity index (χ2n) is 6.13. The summed E-state index contributed by atoms with van der Waals surface area (Å²) < 4.78 is 15.4. The van der Waals surface area contributed by atoms with Crippen LogP contribution in [-0.4, -0.2) is 43.0 Å². The van der Waals surface area contributed by atoms with E-state index in [9.17, 15) is 14.4 Å². The smallest absolute Gasteiger partial charge is 0.355 e. The molecule has 29 heavy (non-hydrogen) atoms. The summed E-state index contributed by atoms with van der Waals surface area (Å²) in [7, 11) is 1.54. The van der Waals surface area contributed by atoms with Crippen molar-refractivity contribution in [2.75, 3.05) is 20.3 Å². The highest BCUT2D eigenvalue weighted by Gasteiger charge is 2.30. The van der Waals surface area contributed by atoms with Crippen molar-refractivity contribution in [3.05, 3.63) is 51.5 Å². The van der Waals surface area contributed by atoms with Crippen LogP contribution in [0.3, 0.4) is 0 Å². The number of nitrogens with one attached hydrogen (secondary N) is 1. The number of hydrogen-bond acceptors (Lipinski definition) is 7. The molecule has 0 saturated carbocycles. The Hall–Kier alpha value is -3.13. The molecule has 8 heteroatoms. The molecule has 0 atom stereocenters. The minimum atomic E-state index is -0.621. The molecule has 2 heterocycles. The molecule has 0 radical (unpaired) electrons. The summed E-state index contributed by atoms with van der Waals surface area (Å²) in [5.74, 6) is -0.814. The van der Waals surface area contributed by atoms with Crippen molar-refractivity contribution in [3.63, 3.8) is 0 Å². The van der Waals surface area contributed by atoms with Crippen LogP contribution in [0, 0.1) is 6.92 Å². The van der Waals surface area contributed by atoms with E-state index in [0.717, 1.165) is 11.3 Å². The Balaban J connectivity index is 2.19. The van der Waals surface area contributed by atoms with E-state index in [1.165, 1.54) is 7.11 Å². The zero-order chi connectivity index (χ0) is 21.1. The molecular formula is C21H21NO6S. The molecule has 0 fully saturated rings. The molecule has 0 spiro atoms. The Kier molecular flexibility index (Phi) is 6.03. The van der Waals surface area contributed by atoms with Crippen molar-refractivity contribution in [3.8, 4) is 5.75 Å². The van der Waals surface area contributed by atoms with Gasteiger partial charge in [0.15, 0.2) is 5.78 Å². The Bertz CT molecular complexity index is 1080. The monoisotopic (exact) mass is 415 g/mol. The molecule has 0 aliphatic rings. The first-order valence-corrected chi connectivity index (χ1v) is 9.92. The maximum Gasteiger partial charge on any atom is 0.355 e. The molecule has 1 N–H and O–H groups in total. The van der Waals surface area contributed by atoms with E-state index in [4.69, 9.17) is 14.2 Å². The summed E-state index contributed by atoms with van der Waals surface area (Å²) in [6.45, 7) is 5.58. The Morgan fingerprint density at radius 2 is 1.62 bits per heavy atom. The van der Waals surface area contributed by atoms with Gasteiger partial charge in [0.1, 0.15) is 21.2 Å². The van der Waals surface area contributed by atoms with Crippen LogP contribution < -0.4 is 4.74 Å². The Morgan fingerprint density at radius 1 is 1.00 bits per heavy atom. The lowest BCUT2D eigenvalue weighted by molar-refractivity contribution is 0.0514. The number of hydrogen-bond donors (Lipinski definition) is 1. The summed E-state index contributed by atoms with van der Waals surface area (Å²) in [6.07, 6.45) is 0. The number of rotatable bonds is 7. The minimum Gasteiger partial charge on any atom is -0.497 e. The van der Waals surface area contributed by atoms with Crippen molar-refractivity contribution >= 4 is 39.3 Å². The average molecular weight is 415 g/mol. The highest BCUT2D eigenvalue weighted by molar-refractivity contribution is 7.20. The van der Waals surface area contributed by atoms with E-state index in [-0.39, 0.29) is 30.3 Å². The maximum atomic E-state index is 13.3. The Morgan fingerprint density at radius 3 is 2.21 bits per heavy atom. The molecule has 0 aliphatic carbocycles. The second kappa shape index (κ2) is 8.48. The molecule has 0 bridgehead atoms. The third kappa shape index (κ3) is 3.75. The molecule has 152 valence electrons. The number of ether oxygens (including phenoxy) is 3. The van der Waals surface area contributed by atoms with Gasteiger partial charge in [0.2, 0.25) is 0 Å². The molecule has 0 aliphatic heterocycles. The number of ketones is 1. The number of carbonyl (C=O) groups is 3. The number of esters is 2. The third-order valence-corrected chi connectivity index (χ3v) is 5.59. The van der Waals surface area contributed by atoms with Gasteiger partial charge >= 0.3 is 11.9 Å². The zero-order valence-electron chi connectivity index (χ0n) is 16.6. The first-order valence-electron chi connectivity index (χ1n) is 9.10. The van der Waals surface area contributed by atoms with Gasteiger partial charge < -0.3 is 19.2 Å². The van der Waals surface area contributed by atoms with E-state index in [0.29, 0.717) is 32.0 Å². The summed E-state index contributed by atoms with van der Waals surface area (Å²) in [4.78, 5) is 42.0. The number of H-pyrrole nitrogens is 1. The van der Waals surface area contributed by atoms with Crippen molar-refractivity contribution in [2.24, 2.45) is 0 Å². The van der Waals surface area contributed by atoms with E-state index in [1.54, 1.807) is 45.0 Å². The standard InChI is InChI=1S/C21H21NO6S/c1-5-27-20(24)16-15(17(23)12-7-9-13(26-4)10-8-12)14-11(3)18(21(25)28-6-2)29-19(14)22-16/h7-10,22H,5-6H2,1-4H3. The van der Waals surface area contributed by atoms with E-state index >= 15 is 0 Å². The highest BCUT2D eigenvalue weighted by Crippen LogP contribution is 2.37. The van der Waals surface area contributed by atoms with Gasteiger partial charge in [0, 0.05) is 10.9 Å². The maximum absolute atomic E-state index is 13.3. The van der Waals surface area contributed by atoms with Crippen LogP contribution in [0.1, 0.15) is 55.5 Å². The van der Waals surface area contributed by atoms with E-state index in [2.05, 4.69) is 4.98 Å². The van der Waals surface area contributed by atoms with Gasteiger partial charge in [-0.3, -0.25) is 4.79 Å². The van der Waals surface area contributed by atoms with Crippen molar-refractivity contribution in [2.45, 2.75) is 20.8 Å². The number of benzene rings is 1. The predicted molar refractivity (Wildman–Crippen MR) is 109 cm³/mol. The van der Waals surface area contributed by atoms with Crippen molar-refractivity contribution in [1.82, 2.24) is 4.98 Å². The summed E-state index contributed by atoms with van der Waals surface area (Å²) in [6, 6.07) is 6.60. The fourth-order valence-corrected chi connectivity index (χ4v) is 4.18. The number of fused-ring (bicyclic) bond motifs is 1. The van der Waals surface area contributed by atoms with Gasteiger partial charge in [-0.1, -0.05) is 0 Å². The van der Waals surface area contributed by atoms with Crippen LogP contribution in [0.4, 0.5) is 0 Å². The largest absolute Gasteiger partial charge is 0.497 e.